The topological polar surface area (TPSA) is 105 Å². The molecule has 1 unspecified atom stereocenters. The van der Waals surface area contributed by atoms with Crippen LogP contribution in [0.4, 0.5) is 5.95 Å². The number of ether oxygens (including phenoxy) is 2. The minimum absolute atomic E-state index is 0.00947. The second-order valence-corrected chi connectivity index (χ2v) is 9.86. The number of carbonyl (C=O) groups excluding carboxylic acids is 2. The SMILES string of the molecule is CCCOc1ccc(/C(O)=C2\C(=O)C(=O)N(c3nc4ccc(C)cc4[nH]3)C2c2ccc(OC(C)C)cc2)cc1. The van der Waals surface area contributed by atoms with E-state index in [-0.39, 0.29) is 23.4 Å². The van der Waals surface area contributed by atoms with Crippen LogP contribution in [0.25, 0.3) is 16.8 Å². The first-order valence-corrected chi connectivity index (χ1v) is 13.0. The highest BCUT2D eigenvalue weighted by molar-refractivity contribution is 6.51. The van der Waals surface area contributed by atoms with Crippen molar-refractivity contribution in [1.82, 2.24) is 9.97 Å². The van der Waals surface area contributed by atoms with E-state index in [0.717, 1.165) is 17.5 Å². The minimum Gasteiger partial charge on any atom is -0.507 e. The van der Waals surface area contributed by atoms with Gasteiger partial charge in [-0.1, -0.05) is 25.1 Å². The van der Waals surface area contributed by atoms with Gasteiger partial charge in [0.25, 0.3) is 5.78 Å². The number of aromatic amines is 1. The smallest absolute Gasteiger partial charge is 0.302 e. The average molecular weight is 526 g/mol. The van der Waals surface area contributed by atoms with Gasteiger partial charge < -0.3 is 19.6 Å². The third-order valence-electron chi connectivity index (χ3n) is 6.47. The number of aryl methyl sites for hydroxylation is 1. The van der Waals surface area contributed by atoms with Gasteiger partial charge in [-0.25, -0.2) is 4.98 Å². The summed E-state index contributed by atoms with van der Waals surface area (Å²) in [6.07, 6.45) is 0.859. The maximum absolute atomic E-state index is 13.5. The number of rotatable bonds is 8. The van der Waals surface area contributed by atoms with Crippen molar-refractivity contribution in [2.45, 2.75) is 46.3 Å². The molecule has 0 aliphatic carbocycles. The van der Waals surface area contributed by atoms with Crippen LogP contribution in [-0.2, 0) is 9.59 Å². The largest absolute Gasteiger partial charge is 0.507 e. The second-order valence-electron chi connectivity index (χ2n) is 9.86. The normalized spacial score (nSPS) is 16.8. The number of ketones is 1. The lowest BCUT2D eigenvalue weighted by Crippen LogP contribution is -2.30. The lowest BCUT2D eigenvalue weighted by molar-refractivity contribution is -0.132. The highest BCUT2D eigenvalue weighted by Gasteiger charge is 2.48. The summed E-state index contributed by atoms with van der Waals surface area (Å²) in [4.78, 5) is 36.1. The number of aliphatic hydroxyl groups excluding tert-OH is 1. The molecule has 2 heterocycles. The molecule has 5 rings (SSSR count). The number of amides is 1. The number of Topliss-reactive ketones (excluding diaryl/α,β-unsaturated/α-hetero) is 1. The number of aromatic nitrogens is 2. The zero-order valence-corrected chi connectivity index (χ0v) is 22.4. The standard InChI is InChI=1S/C31H31N3O5/c1-5-16-38-22-11-9-21(10-12-22)28(35)26-27(20-7-13-23(14-8-20)39-18(2)3)34(30(37)29(26)36)31-32-24-15-6-19(4)17-25(24)33-31/h6-15,17-18,27,35H,5,16H2,1-4H3,(H,32,33)/b28-26+. The molecule has 1 aliphatic rings. The Labute approximate surface area is 226 Å². The third kappa shape index (κ3) is 5.10. The van der Waals surface area contributed by atoms with Gasteiger partial charge in [-0.15, -0.1) is 0 Å². The van der Waals surface area contributed by atoms with Crippen molar-refractivity contribution in [1.29, 1.82) is 0 Å². The van der Waals surface area contributed by atoms with E-state index in [1.165, 1.54) is 4.90 Å². The molecule has 200 valence electrons. The van der Waals surface area contributed by atoms with Crippen LogP contribution in [0.15, 0.2) is 72.3 Å². The highest BCUT2D eigenvalue weighted by Crippen LogP contribution is 2.42. The van der Waals surface area contributed by atoms with Gasteiger partial charge in [0.2, 0.25) is 5.95 Å². The van der Waals surface area contributed by atoms with Crippen LogP contribution in [0.1, 0.15) is 49.9 Å². The first-order valence-electron chi connectivity index (χ1n) is 13.0. The van der Waals surface area contributed by atoms with Gasteiger partial charge >= 0.3 is 5.91 Å². The fourth-order valence-corrected chi connectivity index (χ4v) is 4.68. The maximum atomic E-state index is 13.5. The molecule has 0 spiro atoms. The predicted octanol–water partition coefficient (Wildman–Crippen LogP) is 6.07. The Hall–Kier alpha value is -4.59. The van der Waals surface area contributed by atoms with Crippen molar-refractivity contribution in [3.8, 4) is 11.5 Å². The Bertz CT molecular complexity index is 1550. The van der Waals surface area contributed by atoms with Crippen molar-refractivity contribution in [3.05, 3.63) is 89.0 Å². The second kappa shape index (κ2) is 10.6. The molecule has 0 bridgehead atoms. The van der Waals surface area contributed by atoms with Crippen molar-refractivity contribution in [3.63, 3.8) is 0 Å². The lowest BCUT2D eigenvalue weighted by Gasteiger charge is -2.23. The van der Waals surface area contributed by atoms with E-state index in [4.69, 9.17) is 9.47 Å². The Balaban J connectivity index is 1.63. The molecule has 1 saturated heterocycles. The number of carbonyl (C=O) groups is 2. The number of H-pyrrole nitrogens is 1. The van der Waals surface area contributed by atoms with Gasteiger partial charge in [-0.05, 0) is 86.8 Å². The number of nitrogens with zero attached hydrogens (tertiary/aromatic N) is 2. The summed E-state index contributed by atoms with van der Waals surface area (Å²) in [5.74, 6) is -0.285. The number of aliphatic hydroxyl groups is 1. The molecule has 1 amide bonds. The molecule has 1 aliphatic heterocycles. The van der Waals surface area contributed by atoms with E-state index in [9.17, 15) is 14.7 Å². The van der Waals surface area contributed by atoms with E-state index in [0.29, 0.717) is 34.7 Å². The lowest BCUT2D eigenvalue weighted by atomic mass is 9.95. The van der Waals surface area contributed by atoms with E-state index in [2.05, 4.69) is 9.97 Å². The molecule has 3 aromatic carbocycles. The number of benzene rings is 3. The number of imidazole rings is 1. The Kier molecular flexibility index (Phi) is 7.11. The first-order chi connectivity index (χ1) is 18.8. The van der Waals surface area contributed by atoms with Crippen molar-refractivity contribution >= 4 is 34.4 Å². The molecule has 1 aromatic heterocycles. The van der Waals surface area contributed by atoms with Crippen LogP contribution in [0.2, 0.25) is 0 Å². The molecule has 1 fully saturated rings. The number of hydrogen-bond donors (Lipinski definition) is 2. The fraction of sp³-hybridized carbons (Fsp3) is 0.258. The molecule has 1 atom stereocenters. The van der Waals surface area contributed by atoms with Crippen LogP contribution in [0.3, 0.4) is 0 Å². The molecule has 0 radical (unpaired) electrons. The number of fused-ring (bicyclic) bond motifs is 1. The predicted molar refractivity (Wildman–Crippen MR) is 150 cm³/mol. The number of anilines is 1. The summed E-state index contributed by atoms with van der Waals surface area (Å²) < 4.78 is 11.4. The number of hydrogen-bond acceptors (Lipinski definition) is 6. The molecular formula is C31H31N3O5. The van der Waals surface area contributed by atoms with E-state index in [1.807, 2.05) is 45.9 Å². The Morgan fingerprint density at radius 2 is 1.72 bits per heavy atom. The van der Waals surface area contributed by atoms with Gasteiger partial charge in [-0.3, -0.25) is 14.5 Å². The summed E-state index contributed by atoms with van der Waals surface area (Å²) in [6, 6.07) is 18.8. The summed E-state index contributed by atoms with van der Waals surface area (Å²) >= 11 is 0. The Morgan fingerprint density at radius 1 is 1.03 bits per heavy atom. The van der Waals surface area contributed by atoms with Crippen LogP contribution < -0.4 is 14.4 Å². The van der Waals surface area contributed by atoms with Gasteiger partial charge in [0, 0.05) is 5.56 Å². The van der Waals surface area contributed by atoms with Gasteiger partial charge in [0.05, 0.1) is 35.4 Å². The fourth-order valence-electron chi connectivity index (χ4n) is 4.68. The summed E-state index contributed by atoms with van der Waals surface area (Å²) in [7, 11) is 0. The first kappa shape index (κ1) is 26.0. The zero-order chi connectivity index (χ0) is 27.7. The van der Waals surface area contributed by atoms with Crippen molar-refractivity contribution in [2.24, 2.45) is 0 Å². The van der Waals surface area contributed by atoms with Crippen LogP contribution in [0.5, 0.6) is 11.5 Å². The van der Waals surface area contributed by atoms with Gasteiger partial charge in [-0.2, -0.15) is 0 Å². The molecule has 8 nitrogen and oxygen atoms in total. The molecule has 39 heavy (non-hydrogen) atoms. The van der Waals surface area contributed by atoms with E-state index >= 15 is 0 Å². The van der Waals surface area contributed by atoms with Crippen molar-refractivity contribution in [2.75, 3.05) is 11.5 Å². The van der Waals surface area contributed by atoms with E-state index in [1.54, 1.807) is 48.5 Å². The quantitative estimate of drug-likeness (QED) is 0.164. The Morgan fingerprint density at radius 3 is 2.38 bits per heavy atom. The van der Waals surface area contributed by atoms with Crippen LogP contribution >= 0.6 is 0 Å². The van der Waals surface area contributed by atoms with Crippen LogP contribution in [0, 0.1) is 6.92 Å². The molecule has 8 heteroatoms. The molecule has 0 saturated carbocycles. The number of nitrogens with one attached hydrogen (secondary N) is 1. The maximum Gasteiger partial charge on any atom is 0.302 e. The summed E-state index contributed by atoms with van der Waals surface area (Å²) in [6.45, 7) is 8.43. The summed E-state index contributed by atoms with van der Waals surface area (Å²) in [5.41, 5.74) is 3.46. The van der Waals surface area contributed by atoms with E-state index < -0.39 is 17.7 Å². The zero-order valence-electron chi connectivity index (χ0n) is 22.4. The average Bonchev–Trinajstić information content (AvgIpc) is 3.45. The summed E-state index contributed by atoms with van der Waals surface area (Å²) in [5, 5.41) is 11.4. The molecular weight excluding hydrogens is 494 g/mol. The van der Waals surface area contributed by atoms with Crippen LogP contribution in [-0.4, -0.2) is 39.5 Å². The van der Waals surface area contributed by atoms with Crippen molar-refractivity contribution < 1.29 is 24.2 Å². The third-order valence-corrected chi connectivity index (χ3v) is 6.47. The van der Waals surface area contributed by atoms with Gasteiger partial charge in [0.15, 0.2) is 0 Å². The minimum atomic E-state index is -0.907. The molecule has 4 aromatic rings. The molecule has 2 N–H and O–H groups in total. The monoisotopic (exact) mass is 525 g/mol. The van der Waals surface area contributed by atoms with Gasteiger partial charge in [0.1, 0.15) is 17.3 Å². The highest BCUT2D eigenvalue weighted by atomic mass is 16.5.